The second-order valence-corrected chi connectivity index (χ2v) is 6.53. The van der Waals surface area contributed by atoms with Gasteiger partial charge in [-0.05, 0) is 38.0 Å². The molecule has 1 aromatic heterocycles. The molecule has 0 radical (unpaired) electrons. The fraction of sp³-hybridized carbons (Fsp3) is 0.278. The van der Waals surface area contributed by atoms with E-state index in [0.717, 1.165) is 28.2 Å². The molecule has 1 amide bonds. The van der Waals surface area contributed by atoms with Crippen LogP contribution in [0.3, 0.4) is 0 Å². The van der Waals surface area contributed by atoms with Gasteiger partial charge in [-0.15, -0.1) is 5.10 Å². The van der Waals surface area contributed by atoms with E-state index in [-0.39, 0.29) is 5.91 Å². The molecule has 2 aliphatic rings. The number of aryl methyl sites for hydroxylation is 1. The first-order valence-electron chi connectivity index (χ1n) is 7.85. The fourth-order valence-corrected chi connectivity index (χ4v) is 3.13. The average Bonchev–Trinajstić information content (AvgIpc) is 3.15. The molecule has 0 spiro atoms. The molecule has 24 heavy (non-hydrogen) atoms. The Morgan fingerprint density at radius 1 is 1.12 bits per heavy atom. The topological polar surface area (TPSA) is 70.8 Å². The van der Waals surface area contributed by atoms with Crippen molar-refractivity contribution in [2.45, 2.75) is 32.6 Å². The van der Waals surface area contributed by atoms with Gasteiger partial charge in [0, 0.05) is 30.6 Å². The van der Waals surface area contributed by atoms with Crippen LogP contribution < -0.4 is 4.90 Å². The molecule has 0 N–H and O–H groups in total. The van der Waals surface area contributed by atoms with Crippen molar-refractivity contribution in [3.63, 3.8) is 0 Å². The van der Waals surface area contributed by atoms with Crippen LogP contribution in [0.5, 0.6) is 0 Å². The van der Waals surface area contributed by atoms with Gasteiger partial charge in [-0.25, -0.2) is 9.97 Å². The van der Waals surface area contributed by atoms with Crippen molar-refractivity contribution in [2.24, 2.45) is 10.2 Å². The van der Waals surface area contributed by atoms with Gasteiger partial charge in [-0.2, -0.15) is 5.10 Å². The van der Waals surface area contributed by atoms with Crippen LogP contribution in [0, 0.1) is 6.92 Å². The number of fused-ring (bicyclic) bond motifs is 1. The van der Waals surface area contributed by atoms with Crippen LogP contribution in [0.25, 0.3) is 11.1 Å². The number of carbonyl (C=O) groups excluding carboxylic acids is 1. The lowest BCUT2D eigenvalue weighted by Gasteiger charge is -2.19. The summed E-state index contributed by atoms with van der Waals surface area (Å²) < 4.78 is 0. The summed E-state index contributed by atoms with van der Waals surface area (Å²) >= 11 is 0. The highest BCUT2D eigenvalue weighted by molar-refractivity contribution is 6.26. The zero-order valence-corrected chi connectivity index (χ0v) is 13.8. The molecule has 2 aromatic rings. The average molecular weight is 319 g/mol. The first-order chi connectivity index (χ1) is 11.5. The number of nitrogens with zero attached hydrogens (tertiary/aromatic N) is 5. The van der Waals surface area contributed by atoms with Crippen LogP contribution in [0.2, 0.25) is 0 Å². The third-order valence-electron chi connectivity index (χ3n) is 4.55. The van der Waals surface area contributed by atoms with Gasteiger partial charge in [0.05, 0.1) is 11.1 Å². The van der Waals surface area contributed by atoms with Crippen LogP contribution in [-0.2, 0) is 10.2 Å². The highest BCUT2D eigenvalue weighted by Gasteiger charge is 2.46. The van der Waals surface area contributed by atoms with Gasteiger partial charge in [0.25, 0.3) is 0 Å². The van der Waals surface area contributed by atoms with E-state index in [1.807, 2.05) is 39.0 Å². The molecule has 0 saturated heterocycles. The van der Waals surface area contributed by atoms with E-state index in [1.54, 1.807) is 23.5 Å². The lowest BCUT2D eigenvalue weighted by molar-refractivity contribution is -0.121. The Kier molecular flexibility index (Phi) is 3.09. The van der Waals surface area contributed by atoms with E-state index in [0.29, 0.717) is 12.3 Å². The molecular formula is C18H17N5O. The van der Waals surface area contributed by atoms with Gasteiger partial charge in [0.15, 0.2) is 0 Å². The summed E-state index contributed by atoms with van der Waals surface area (Å²) in [7, 11) is 0. The van der Waals surface area contributed by atoms with E-state index in [9.17, 15) is 4.79 Å². The number of aromatic nitrogens is 2. The van der Waals surface area contributed by atoms with Gasteiger partial charge in [-0.3, -0.25) is 9.69 Å². The predicted molar refractivity (Wildman–Crippen MR) is 93.3 cm³/mol. The molecule has 0 atom stereocenters. The van der Waals surface area contributed by atoms with Crippen molar-refractivity contribution in [3.05, 3.63) is 42.0 Å². The second-order valence-electron chi connectivity index (χ2n) is 6.53. The Labute approximate surface area is 140 Å². The van der Waals surface area contributed by atoms with E-state index >= 15 is 0 Å². The smallest absolute Gasteiger partial charge is 0.242 e. The van der Waals surface area contributed by atoms with Crippen LogP contribution in [0.15, 0.2) is 40.8 Å². The van der Waals surface area contributed by atoms with Crippen molar-refractivity contribution < 1.29 is 4.79 Å². The molecule has 0 bridgehead atoms. The van der Waals surface area contributed by atoms with E-state index in [1.165, 1.54) is 0 Å². The molecule has 4 rings (SSSR count). The summed E-state index contributed by atoms with van der Waals surface area (Å²) in [6.07, 6.45) is 5.88. The number of rotatable bonds is 1. The maximum Gasteiger partial charge on any atom is 0.242 e. The molecule has 3 heterocycles. The summed E-state index contributed by atoms with van der Waals surface area (Å²) in [4.78, 5) is 23.1. The number of anilines is 1. The van der Waals surface area contributed by atoms with E-state index in [4.69, 9.17) is 0 Å². The second kappa shape index (κ2) is 5.06. The number of amides is 1. The van der Waals surface area contributed by atoms with E-state index < -0.39 is 5.41 Å². The number of amidine groups is 1. The molecule has 120 valence electrons. The van der Waals surface area contributed by atoms with Crippen molar-refractivity contribution >= 4 is 23.6 Å². The van der Waals surface area contributed by atoms with Gasteiger partial charge in [0.1, 0.15) is 11.7 Å². The standard InChI is InChI=1S/C18H17N5O/c1-11-19-9-13(10-20-11)12-4-5-14-15(8-12)23(16-6-7-21-22-16)17(24)18(14,2)3/h4-5,7-10H,6H2,1-3H3. The molecule has 0 saturated carbocycles. The van der Waals surface area contributed by atoms with E-state index in [2.05, 4.69) is 20.2 Å². The molecule has 0 unspecified atom stereocenters. The molecular weight excluding hydrogens is 302 g/mol. The minimum atomic E-state index is -0.581. The third-order valence-corrected chi connectivity index (χ3v) is 4.55. The summed E-state index contributed by atoms with van der Waals surface area (Å²) in [5.41, 5.74) is 3.18. The molecule has 1 aromatic carbocycles. The highest BCUT2D eigenvalue weighted by Crippen LogP contribution is 2.43. The summed E-state index contributed by atoms with van der Waals surface area (Å²) in [6, 6.07) is 6.04. The Morgan fingerprint density at radius 3 is 2.54 bits per heavy atom. The first kappa shape index (κ1) is 14.7. The van der Waals surface area contributed by atoms with Crippen LogP contribution in [-0.4, -0.2) is 27.9 Å². The van der Waals surface area contributed by atoms with Crippen molar-refractivity contribution in [2.75, 3.05) is 4.90 Å². The number of carbonyl (C=O) groups is 1. The zero-order chi connectivity index (χ0) is 16.9. The highest BCUT2D eigenvalue weighted by atomic mass is 16.2. The van der Waals surface area contributed by atoms with Gasteiger partial charge >= 0.3 is 0 Å². The largest absolute Gasteiger partial charge is 0.273 e. The minimum Gasteiger partial charge on any atom is -0.273 e. The number of benzene rings is 1. The molecule has 0 aliphatic carbocycles. The Balaban J connectivity index is 1.85. The summed E-state index contributed by atoms with van der Waals surface area (Å²) in [5, 5.41) is 8.02. The third kappa shape index (κ3) is 2.06. The van der Waals surface area contributed by atoms with Crippen molar-refractivity contribution in [1.82, 2.24) is 9.97 Å². The predicted octanol–water partition coefficient (Wildman–Crippen LogP) is 2.86. The lowest BCUT2D eigenvalue weighted by Crippen LogP contribution is -2.39. The SMILES string of the molecule is Cc1ncc(-c2ccc3c(c2)N(C2=NN=CC2)C(=O)C3(C)C)cn1. The maximum atomic E-state index is 12.9. The maximum absolute atomic E-state index is 12.9. The Bertz CT molecular complexity index is 896. The molecule has 6 heteroatoms. The number of hydrogen-bond donors (Lipinski definition) is 0. The van der Waals surface area contributed by atoms with Crippen LogP contribution in [0.1, 0.15) is 31.7 Å². The Hall–Kier alpha value is -2.89. The quantitative estimate of drug-likeness (QED) is 0.811. The van der Waals surface area contributed by atoms with Gasteiger partial charge in [0.2, 0.25) is 5.91 Å². The molecule has 2 aliphatic heterocycles. The van der Waals surface area contributed by atoms with Crippen LogP contribution in [0.4, 0.5) is 5.69 Å². The fourth-order valence-electron chi connectivity index (χ4n) is 3.13. The normalized spacial score (nSPS) is 18.0. The van der Waals surface area contributed by atoms with Gasteiger partial charge in [-0.1, -0.05) is 12.1 Å². The zero-order valence-electron chi connectivity index (χ0n) is 13.8. The van der Waals surface area contributed by atoms with Gasteiger partial charge < -0.3 is 0 Å². The molecule has 6 nitrogen and oxygen atoms in total. The summed E-state index contributed by atoms with van der Waals surface area (Å²) in [5.74, 6) is 1.43. The number of hydrogen-bond acceptors (Lipinski definition) is 5. The van der Waals surface area contributed by atoms with Crippen LogP contribution >= 0.6 is 0 Å². The minimum absolute atomic E-state index is 0.0269. The molecule has 0 fully saturated rings. The summed E-state index contributed by atoms with van der Waals surface area (Å²) in [6.45, 7) is 5.74. The Morgan fingerprint density at radius 2 is 1.88 bits per heavy atom. The van der Waals surface area contributed by atoms with Crippen molar-refractivity contribution in [3.8, 4) is 11.1 Å². The first-order valence-corrected chi connectivity index (χ1v) is 7.85. The monoisotopic (exact) mass is 319 g/mol. The van der Waals surface area contributed by atoms with Crippen molar-refractivity contribution in [1.29, 1.82) is 0 Å². The lowest BCUT2D eigenvalue weighted by atomic mass is 9.85.